The van der Waals surface area contributed by atoms with E-state index in [1.807, 2.05) is 54.6 Å². The van der Waals surface area contributed by atoms with Gasteiger partial charge in [-0.1, -0.05) is 42.5 Å². The van der Waals surface area contributed by atoms with E-state index in [9.17, 15) is 8.42 Å². The molecule has 0 aliphatic carbocycles. The van der Waals surface area contributed by atoms with Gasteiger partial charge in [-0.15, -0.1) is 0 Å². The zero-order valence-electron chi connectivity index (χ0n) is 11.9. The van der Waals surface area contributed by atoms with Gasteiger partial charge in [0.05, 0.1) is 11.5 Å². The first-order valence-electron chi connectivity index (χ1n) is 6.96. The van der Waals surface area contributed by atoms with Gasteiger partial charge in [0.2, 0.25) is 0 Å². The van der Waals surface area contributed by atoms with Crippen molar-refractivity contribution in [1.82, 2.24) is 4.98 Å². The fourth-order valence-electron chi connectivity index (χ4n) is 2.16. The van der Waals surface area contributed by atoms with Crippen molar-refractivity contribution in [3.05, 3.63) is 60.2 Å². The van der Waals surface area contributed by atoms with Gasteiger partial charge >= 0.3 is 0 Å². The summed E-state index contributed by atoms with van der Waals surface area (Å²) in [5.41, 5.74) is 2.22. The number of benzene rings is 2. The van der Waals surface area contributed by atoms with E-state index in [0.717, 1.165) is 11.1 Å². The third-order valence-electron chi connectivity index (χ3n) is 3.21. The van der Waals surface area contributed by atoms with E-state index in [1.165, 1.54) is 0 Å². The third-order valence-corrected chi connectivity index (χ3v) is 4.81. The van der Waals surface area contributed by atoms with Crippen LogP contribution in [0.25, 0.3) is 11.1 Å². The second kappa shape index (κ2) is 6.19. The Morgan fingerprint density at radius 2 is 1.73 bits per heavy atom. The minimum absolute atomic E-state index is 0.0284. The molecule has 22 heavy (non-hydrogen) atoms. The lowest BCUT2D eigenvalue weighted by molar-refractivity contribution is 0.593. The summed E-state index contributed by atoms with van der Waals surface area (Å²) in [6.45, 7) is 0.266. The molecule has 0 atom stereocenters. The number of sulfone groups is 1. The highest BCUT2D eigenvalue weighted by Gasteiger charge is 2.12. The lowest BCUT2D eigenvalue weighted by Gasteiger charge is -2.05. The van der Waals surface area contributed by atoms with E-state index >= 15 is 0 Å². The molecule has 0 aliphatic rings. The average Bonchev–Trinajstić information content (AvgIpc) is 2.90. The smallest absolute Gasteiger partial charge is 0.295 e. The molecule has 1 N–H and O–H groups in total. The molecule has 1 aromatic heterocycles. The summed E-state index contributed by atoms with van der Waals surface area (Å²) in [4.78, 5) is 4.24. The van der Waals surface area contributed by atoms with Crippen LogP contribution in [0.2, 0.25) is 0 Å². The van der Waals surface area contributed by atoms with E-state index < -0.39 is 9.84 Å². The summed E-state index contributed by atoms with van der Waals surface area (Å²) in [5.74, 6) is 0.0731. The van der Waals surface area contributed by atoms with Crippen molar-refractivity contribution < 1.29 is 12.8 Å². The second-order valence-electron chi connectivity index (χ2n) is 4.99. The molecule has 5 nitrogen and oxygen atoms in total. The van der Waals surface area contributed by atoms with Gasteiger partial charge in [0.15, 0.2) is 15.4 Å². The lowest BCUT2D eigenvalue weighted by Crippen LogP contribution is -2.17. The largest absolute Gasteiger partial charge is 0.424 e. The molecule has 0 radical (unpaired) electrons. The van der Waals surface area contributed by atoms with Crippen LogP contribution in [-0.4, -0.2) is 25.7 Å². The van der Waals surface area contributed by atoms with Crippen LogP contribution in [-0.2, 0) is 15.6 Å². The molecule has 1 heterocycles. The molecule has 3 rings (SSSR count). The Balaban J connectivity index is 1.58. The third kappa shape index (κ3) is 3.65. The van der Waals surface area contributed by atoms with E-state index in [4.69, 9.17) is 4.42 Å². The predicted molar refractivity (Wildman–Crippen MR) is 86.4 cm³/mol. The van der Waals surface area contributed by atoms with Gasteiger partial charge in [0.1, 0.15) is 5.52 Å². The summed E-state index contributed by atoms with van der Waals surface area (Å²) < 4.78 is 29.6. The Morgan fingerprint density at radius 3 is 2.50 bits per heavy atom. The summed E-state index contributed by atoms with van der Waals surface area (Å²) in [6, 6.07) is 16.9. The van der Waals surface area contributed by atoms with Crippen molar-refractivity contribution in [2.75, 3.05) is 17.6 Å². The fraction of sp³-hybridized carbons (Fsp3) is 0.188. The molecule has 0 unspecified atom stereocenters. The molecule has 3 aromatic rings. The maximum atomic E-state index is 12.1. The zero-order valence-corrected chi connectivity index (χ0v) is 12.7. The van der Waals surface area contributed by atoms with Crippen LogP contribution in [0.15, 0.2) is 59.0 Å². The van der Waals surface area contributed by atoms with Gasteiger partial charge in [0, 0.05) is 6.54 Å². The first-order chi connectivity index (χ1) is 10.6. The molecule has 114 valence electrons. The van der Waals surface area contributed by atoms with Crippen molar-refractivity contribution in [3.8, 4) is 0 Å². The lowest BCUT2D eigenvalue weighted by atomic mass is 10.2. The summed E-state index contributed by atoms with van der Waals surface area (Å²) in [5, 5.41) is 2.92. The van der Waals surface area contributed by atoms with E-state index in [1.54, 1.807) is 0 Å². The number of aromatic nitrogens is 1. The Labute approximate surface area is 128 Å². The SMILES string of the molecule is O=S(=O)(CCNc1nc2ccccc2o1)Cc1ccccc1. The molecule has 0 saturated carbocycles. The van der Waals surface area contributed by atoms with Crippen LogP contribution in [0.3, 0.4) is 0 Å². The maximum Gasteiger partial charge on any atom is 0.295 e. The van der Waals surface area contributed by atoms with Crippen molar-refractivity contribution >= 4 is 27.0 Å². The van der Waals surface area contributed by atoms with Gasteiger partial charge in [-0.3, -0.25) is 0 Å². The van der Waals surface area contributed by atoms with Gasteiger partial charge in [-0.25, -0.2) is 8.42 Å². The molecular formula is C16H16N2O3S. The van der Waals surface area contributed by atoms with Crippen molar-refractivity contribution in [3.63, 3.8) is 0 Å². The van der Waals surface area contributed by atoms with Crippen LogP contribution in [0, 0.1) is 0 Å². The molecule has 0 spiro atoms. The zero-order chi connectivity index (χ0) is 15.4. The minimum Gasteiger partial charge on any atom is -0.424 e. The maximum absolute atomic E-state index is 12.1. The van der Waals surface area contributed by atoms with Crippen LogP contribution in [0.1, 0.15) is 5.56 Å². The van der Waals surface area contributed by atoms with Crippen molar-refractivity contribution in [2.24, 2.45) is 0 Å². The van der Waals surface area contributed by atoms with Crippen LogP contribution >= 0.6 is 0 Å². The fourth-order valence-corrected chi connectivity index (χ4v) is 3.42. The van der Waals surface area contributed by atoms with Crippen LogP contribution in [0.5, 0.6) is 0 Å². The highest BCUT2D eigenvalue weighted by atomic mass is 32.2. The molecule has 0 aliphatic heterocycles. The number of anilines is 1. The molecule has 0 bridgehead atoms. The van der Waals surface area contributed by atoms with Crippen molar-refractivity contribution in [1.29, 1.82) is 0 Å². The Morgan fingerprint density at radius 1 is 1.00 bits per heavy atom. The number of rotatable bonds is 6. The first-order valence-corrected chi connectivity index (χ1v) is 8.78. The number of para-hydroxylation sites is 2. The average molecular weight is 316 g/mol. The van der Waals surface area contributed by atoms with Gasteiger partial charge in [-0.05, 0) is 17.7 Å². The Hall–Kier alpha value is -2.34. The number of hydrogen-bond donors (Lipinski definition) is 1. The van der Waals surface area contributed by atoms with Crippen LogP contribution in [0.4, 0.5) is 6.01 Å². The molecule has 6 heteroatoms. The van der Waals surface area contributed by atoms with E-state index in [2.05, 4.69) is 10.3 Å². The van der Waals surface area contributed by atoms with Gasteiger partial charge in [-0.2, -0.15) is 4.98 Å². The normalized spacial score (nSPS) is 11.6. The first kappa shape index (κ1) is 14.6. The van der Waals surface area contributed by atoms with Crippen molar-refractivity contribution in [2.45, 2.75) is 5.75 Å². The monoisotopic (exact) mass is 316 g/mol. The number of fused-ring (bicyclic) bond motifs is 1. The highest BCUT2D eigenvalue weighted by molar-refractivity contribution is 7.90. The number of oxazole rings is 1. The summed E-state index contributed by atoms with van der Waals surface area (Å²) >= 11 is 0. The predicted octanol–water partition coefficient (Wildman–Crippen LogP) is 2.85. The molecule has 2 aromatic carbocycles. The number of hydrogen-bond acceptors (Lipinski definition) is 5. The molecule has 0 amide bonds. The van der Waals surface area contributed by atoms with Crippen LogP contribution < -0.4 is 5.32 Å². The summed E-state index contributed by atoms with van der Waals surface area (Å²) in [7, 11) is -3.17. The second-order valence-corrected chi connectivity index (χ2v) is 7.18. The molecular weight excluding hydrogens is 300 g/mol. The topological polar surface area (TPSA) is 72.2 Å². The quantitative estimate of drug-likeness (QED) is 0.757. The minimum atomic E-state index is -3.17. The van der Waals surface area contributed by atoms with Gasteiger partial charge < -0.3 is 9.73 Å². The Bertz CT molecular complexity index is 824. The van der Waals surface area contributed by atoms with Gasteiger partial charge in [0.25, 0.3) is 6.01 Å². The molecule has 0 saturated heterocycles. The number of nitrogens with zero attached hydrogens (tertiary/aromatic N) is 1. The number of nitrogens with one attached hydrogen (secondary N) is 1. The van der Waals surface area contributed by atoms with E-state index in [-0.39, 0.29) is 18.1 Å². The van der Waals surface area contributed by atoms with E-state index in [0.29, 0.717) is 11.6 Å². The standard InChI is InChI=1S/C16H16N2O3S/c19-22(20,12-13-6-2-1-3-7-13)11-10-17-16-18-14-8-4-5-9-15(14)21-16/h1-9H,10-12H2,(H,17,18). The molecule has 0 fully saturated rings. The summed E-state index contributed by atoms with van der Waals surface area (Å²) in [6.07, 6.45) is 0. The Kier molecular flexibility index (Phi) is 4.11. The highest BCUT2D eigenvalue weighted by Crippen LogP contribution is 2.17.